The first-order valence-electron chi connectivity index (χ1n) is 23.3. The number of para-hydroxylation sites is 1. The molecule has 68 heavy (non-hydrogen) atoms. The van der Waals surface area contributed by atoms with Crippen molar-refractivity contribution in [3.63, 3.8) is 0 Å². The average Bonchev–Trinajstić information content (AvgIpc) is 3.29. The largest absolute Gasteiger partial charge is 0.507 e. The predicted octanol–water partition coefficient (Wildman–Crippen LogP) is 13.6. The number of esters is 3. The summed E-state index contributed by atoms with van der Waals surface area (Å²) in [6, 6.07) is 44.9. The second-order valence-electron chi connectivity index (χ2n) is 21.0. The van der Waals surface area contributed by atoms with E-state index in [4.69, 9.17) is 14.2 Å². The Balaban J connectivity index is 1.46. The molecule has 0 spiro atoms. The zero-order valence-electron chi connectivity index (χ0n) is 40.6. The molecular formula is C61H60O7. The van der Waals surface area contributed by atoms with E-state index in [1.54, 1.807) is 72.8 Å². The van der Waals surface area contributed by atoms with Crippen LogP contribution in [0.5, 0.6) is 23.0 Å². The quantitative estimate of drug-likeness (QED) is 0.131. The molecule has 1 aliphatic rings. The van der Waals surface area contributed by atoms with Gasteiger partial charge in [-0.05, 0) is 80.5 Å². The Morgan fingerprint density at radius 3 is 0.824 bits per heavy atom. The lowest BCUT2D eigenvalue weighted by Crippen LogP contribution is -2.19. The molecule has 0 saturated heterocycles. The summed E-state index contributed by atoms with van der Waals surface area (Å²) in [4.78, 5) is 42.8. The van der Waals surface area contributed by atoms with Crippen LogP contribution >= 0.6 is 0 Å². The molecule has 7 heteroatoms. The molecule has 346 valence electrons. The molecule has 0 aliphatic heterocycles. The van der Waals surface area contributed by atoms with Crippen molar-refractivity contribution in [3.8, 4) is 23.0 Å². The molecule has 7 nitrogen and oxygen atoms in total. The second kappa shape index (κ2) is 18.8. The zero-order chi connectivity index (χ0) is 48.5. The highest BCUT2D eigenvalue weighted by Gasteiger charge is 2.30. The third-order valence-corrected chi connectivity index (χ3v) is 12.7. The fourth-order valence-electron chi connectivity index (χ4n) is 8.67. The fraction of sp³-hybridized carbons (Fsp3) is 0.262. The number of ether oxygens (including phenoxy) is 3. The molecule has 8 bridgehead atoms. The smallest absolute Gasteiger partial charge is 0.343 e. The van der Waals surface area contributed by atoms with E-state index in [1.165, 1.54) is 0 Å². The Kier molecular flexibility index (Phi) is 13.1. The number of hydrogen-bond acceptors (Lipinski definition) is 7. The number of hydrogen-bond donors (Lipinski definition) is 1. The van der Waals surface area contributed by atoms with Gasteiger partial charge in [0.2, 0.25) is 0 Å². The van der Waals surface area contributed by atoms with Gasteiger partial charge in [0.1, 0.15) is 23.0 Å². The number of carbonyl (C=O) groups excluding carboxylic acids is 3. The maximum Gasteiger partial charge on any atom is 0.343 e. The number of phenols is 1. The summed E-state index contributed by atoms with van der Waals surface area (Å²) in [5, 5.41) is 12.3. The van der Waals surface area contributed by atoms with Crippen molar-refractivity contribution in [2.45, 2.75) is 104 Å². The number of benzene rings is 7. The van der Waals surface area contributed by atoms with Crippen molar-refractivity contribution in [2.24, 2.45) is 0 Å². The standard InChI is InChI=1S/C61H60O7/c1-59(2,3)49-32-43-28-41-26-19-27-42(52(41)62)29-44-33-50(60(4,5)6)35-46(54(44)67-57(64)39-22-15-11-16-23-39)31-48-37-51(61(7,8)9)36-47(55(48)68-58(65)40-24-17-12-18-25-40)30-45(34-49)53(43)66-56(63)38-20-13-10-14-21-38/h10-27,32-37,62H,28-31H2,1-9H3. The van der Waals surface area contributed by atoms with Crippen molar-refractivity contribution in [3.05, 3.63) is 223 Å². The van der Waals surface area contributed by atoms with E-state index >= 15 is 0 Å². The van der Waals surface area contributed by atoms with Crippen LogP contribution in [0.1, 0.15) is 155 Å². The first-order chi connectivity index (χ1) is 32.2. The first kappa shape index (κ1) is 47.3. The van der Waals surface area contributed by atoms with Crippen molar-refractivity contribution in [2.75, 3.05) is 0 Å². The molecule has 8 rings (SSSR count). The Bertz CT molecular complexity index is 2850. The van der Waals surface area contributed by atoms with Gasteiger partial charge in [-0.25, -0.2) is 14.4 Å². The van der Waals surface area contributed by atoms with Gasteiger partial charge in [0.05, 0.1) is 16.7 Å². The lowest BCUT2D eigenvalue weighted by atomic mass is 9.80. The molecule has 1 aliphatic carbocycles. The Morgan fingerprint density at radius 1 is 0.353 bits per heavy atom. The maximum atomic E-state index is 14.4. The number of carbonyl (C=O) groups is 3. The number of fused-ring (bicyclic) bond motifs is 8. The van der Waals surface area contributed by atoms with Gasteiger partial charge in [-0.3, -0.25) is 0 Å². The predicted molar refractivity (Wildman–Crippen MR) is 269 cm³/mol. The molecule has 0 saturated carbocycles. The van der Waals surface area contributed by atoms with Crippen molar-refractivity contribution >= 4 is 17.9 Å². The minimum atomic E-state index is -0.528. The van der Waals surface area contributed by atoms with E-state index < -0.39 is 17.9 Å². The van der Waals surface area contributed by atoms with E-state index in [-0.39, 0.29) is 47.7 Å². The fourth-order valence-corrected chi connectivity index (χ4v) is 8.67. The van der Waals surface area contributed by atoms with Gasteiger partial charge < -0.3 is 19.3 Å². The summed E-state index contributed by atoms with van der Waals surface area (Å²) >= 11 is 0. The van der Waals surface area contributed by atoms with Crippen LogP contribution < -0.4 is 14.2 Å². The van der Waals surface area contributed by atoms with Gasteiger partial charge in [-0.2, -0.15) is 0 Å². The van der Waals surface area contributed by atoms with E-state index in [1.807, 2.05) is 36.4 Å². The Hall–Kier alpha value is -7.25. The average molecular weight is 905 g/mol. The molecule has 0 atom stereocenters. The van der Waals surface area contributed by atoms with Crippen LogP contribution in [0, 0.1) is 0 Å². The molecule has 0 heterocycles. The highest BCUT2D eigenvalue weighted by Crippen LogP contribution is 2.43. The van der Waals surface area contributed by atoms with Gasteiger partial charge in [-0.1, -0.05) is 172 Å². The van der Waals surface area contributed by atoms with E-state index in [2.05, 4.69) is 98.7 Å². The van der Waals surface area contributed by atoms with E-state index in [9.17, 15) is 19.5 Å². The number of rotatable bonds is 6. The van der Waals surface area contributed by atoms with Crippen LogP contribution in [0.25, 0.3) is 0 Å². The highest BCUT2D eigenvalue weighted by molar-refractivity contribution is 5.93. The summed E-state index contributed by atoms with van der Waals surface area (Å²) in [7, 11) is 0. The topological polar surface area (TPSA) is 99.1 Å². The van der Waals surface area contributed by atoms with Crippen LogP contribution in [0.4, 0.5) is 0 Å². The summed E-state index contributed by atoms with van der Waals surface area (Å²) < 4.78 is 19.7. The summed E-state index contributed by atoms with van der Waals surface area (Å²) in [6.45, 7) is 19.3. The Labute approximate surface area is 400 Å². The van der Waals surface area contributed by atoms with Crippen molar-refractivity contribution in [1.29, 1.82) is 0 Å². The third-order valence-electron chi connectivity index (χ3n) is 12.7. The Morgan fingerprint density at radius 2 is 0.588 bits per heavy atom. The van der Waals surface area contributed by atoms with Gasteiger partial charge in [0.25, 0.3) is 0 Å². The first-order valence-corrected chi connectivity index (χ1v) is 23.3. The lowest BCUT2D eigenvalue weighted by Gasteiger charge is -2.28. The molecule has 0 unspecified atom stereocenters. The second-order valence-corrected chi connectivity index (χ2v) is 21.0. The summed E-state index contributed by atoms with van der Waals surface area (Å²) in [5.41, 5.74) is 8.65. The van der Waals surface area contributed by atoms with Crippen LogP contribution in [-0.2, 0) is 41.9 Å². The highest BCUT2D eigenvalue weighted by atomic mass is 16.5. The summed E-state index contributed by atoms with van der Waals surface area (Å²) in [6.07, 6.45) is 0.857. The lowest BCUT2D eigenvalue weighted by molar-refractivity contribution is 0.0722. The normalized spacial score (nSPS) is 12.8. The number of phenolic OH excluding ortho intramolecular Hbond substituents is 1. The van der Waals surface area contributed by atoms with Crippen LogP contribution in [0.2, 0.25) is 0 Å². The van der Waals surface area contributed by atoms with Crippen molar-refractivity contribution in [1.82, 2.24) is 0 Å². The minimum Gasteiger partial charge on any atom is -0.507 e. The summed E-state index contributed by atoms with van der Waals surface area (Å²) in [5.74, 6) is -0.346. The maximum absolute atomic E-state index is 14.4. The van der Waals surface area contributed by atoms with Crippen LogP contribution in [0.3, 0.4) is 0 Å². The SMILES string of the molecule is CC(C)(C)c1cc2c(OC(=O)c3ccccc3)c(c1)Cc1cc(C(C)(C)C)cc(c1OC(=O)c1ccccc1)Cc1cc(C(C)(C)C)cc(c1OC(=O)c1ccccc1)Cc1cccc(c1O)C2. The van der Waals surface area contributed by atoms with Gasteiger partial charge in [0, 0.05) is 59.1 Å². The molecule has 0 aromatic heterocycles. The molecular weight excluding hydrogens is 845 g/mol. The van der Waals surface area contributed by atoms with Crippen LogP contribution in [-0.4, -0.2) is 23.0 Å². The van der Waals surface area contributed by atoms with Gasteiger partial charge in [0.15, 0.2) is 0 Å². The van der Waals surface area contributed by atoms with Crippen molar-refractivity contribution < 1.29 is 33.7 Å². The molecule has 0 fully saturated rings. The van der Waals surface area contributed by atoms with Gasteiger partial charge in [-0.15, -0.1) is 0 Å². The molecule has 7 aromatic carbocycles. The monoisotopic (exact) mass is 904 g/mol. The van der Waals surface area contributed by atoms with Crippen LogP contribution in [0.15, 0.2) is 146 Å². The molecule has 0 radical (unpaired) electrons. The molecule has 1 N–H and O–H groups in total. The molecule has 7 aromatic rings. The molecule has 0 amide bonds. The van der Waals surface area contributed by atoms with Gasteiger partial charge >= 0.3 is 17.9 Å². The third kappa shape index (κ3) is 10.5. The zero-order valence-corrected chi connectivity index (χ0v) is 40.6. The number of aromatic hydroxyl groups is 1. The minimum absolute atomic E-state index is 0.0980. The van der Waals surface area contributed by atoms with E-state index in [0.717, 1.165) is 16.7 Å². The van der Waals surface area contributed by atoms with E-state index in [0.29, 0.717) is 78.4 Å².